The third-order valence-corrected chi connectivity index (χ3v) is 3.92. The lowest BCUT2D eigenvalue weighted by Crippen LogP contribution is -2.41. The van der Waals surface area contributed by atoms with Crippen molar-refractivity contribution < 1.29 is 9.59 Å². The summed E-state index contributed by atoms with van der Waals surface area (Å²) in [6.45, 7) is 0. The van der Waals surface area contributed by atoms with E-state index < -0.39 is 0 Å². The number of hydrogen-bond acceptors (Lipinski definition) is 2. The molecule has 0 N–H and O–H groups in total. The topological polar surface area (TPSA) is 37.4 Å². The van der Waals surface area contributed by atoms with Crippen LogP contribution in [0.5, 0.6) is 0 Å². The van der Waals surface area contributed by atoms with Crippen LogP contribution in [0.1, 0.15) is 23.2 Å². The third-order valence-electron chi connectivity index (χ3n) is 3.92. The summed E-state index contributed by atoms with van der Waals surface area (Å²) in [5, 5.41) is 1.95. The molecule has 0 spiro atoms. The van der Waals surface area contributed by atoms with Gasteiger partial charge in [0.2, 0.25) is 5.91 Å². The highest BCUT2D eigenvalue weighted by Gasteiger charge is 2.41. The molecule has 3 nitrogen and oxygen atoms in total. The number of hydrogen-bond donors (Lipinski definition) is 0. The molecule has 1 saturated heterocycles. The van der Waals surface area contributed by atoms with Gasteiger partial charge in [0.15, 0.2) is 5.78 Å². The van der Waals surface area contributed by atoms with E-state index in [1.54, 1.807) is 4.90 Å². The number of ketones is 1. The molecule has 4 rings (SSSR count). The Morgan fingerprint density at radius 2 is 1.83 bits per heavy atom. The summed E-state index contributed by atoms with van der Waals surface area (Å²) in [7, 11) is 0. The van der Waals surface area contributed by atoms with Gasteiger partial charge in [-0.15, -0.1) is 0 Å². The molecule has 1 amide bonds. The van der Waals surface area contributed by atoms with Gasteiger partial charge in [0.05, 0.1) is 5.69 Å². The second-order valence-corrected chi connectivity index (χ2v) is 4.86. The maximum atomic E-state index is 12.4. The zero-order valence-electron chi connectivity index (χ0n) is 9.72. The average molecular weight is 237 g/mol. The maximum absolute atomic E-state index is 12.4. The number of amides is 1. The predicted molar refractivity (Wildman–Crippen MR) is 68.8 cm³/mol. The molecule has 1 atom stereocenters. The van der Waals surface area contributed by atoms with Gasteiger partial charge in [-0.3, -0.25) is 9.59 Å². The standard InChI is InChI=1S/C15H11NO2/c17-13-8-7-12-15(18)10-5-1-3-9-4-2-6-11(14(9)10)16(12)13/h1-6,12H,7-8H2. The van der Waals surface area contributed by atoms with E-state index in [-0.39, 0.29) is 17.7 Å². The quantitative estimate of drug-likeness (QED) is 0.706. The number of carbonyl (C=O) groups is 2. The number of benzene rings is 2. The van der Waals surface area contributed by atoms with Crippen molar-refractivity contribution in [3.63, 3.8) is 0 Å². The van der Waals surface area contributed by atoms with Gasteiger partial charge in [-0.25, -0.2) is 0 Å². The van der Waals surface area contributed by atoms with Gasteiger partial charge in [-0.1, -0.05) is 30.3 Å². The van der Waals surface area contributed by atoms with Crippen LogP contribution in [0.15, 0.2) is 36.4 Å². The molecule has 2 aromatic rings. The molecule has 1 fully saturated rings. The van der Waals surface area contributed by atoms with Crippen molar-refractivity contribution in [3.8, 4) is 0 Å². The van der Waals surface area contributed by atoms with Gasteiger partial charge in [0, 0.05) is 17.4 Å². The fourth-order valence-electron chi connectivity index (χ4n) is 3.14. The van der Waals surface area contributed by atoms with E-state index in [0.717, 1.165) is 22.0 Å². The summed E-state index contributed by atoms with van der Waals surface area (Å²) in [6.07, 6.45) is 1.11. The fraction of sp³-hybridized carbons (Fsp3) is 0.200. The Bertz CT molecular complexity index is 699. The molecule has 0 aromatic heterocycles. The number of rotatable bonds is 0. The van der Waals surface area contributed by atoms with Crippen LogP contribution >= 0.6 is 0 Å². The van der Waals surface area contributed by atoms with Crippen LogP contribution in [0.3, 0.4) is 0 Å². The van der Waals surface area contributed by atoms with Crippen LogP contribution in [0.4, 0.5) is 5.69 Å². The molecule has 2 aromatic carbocycles. The van der Waals surface area contributed by atoms with E-state index in [1.165, 1.54) is 0 Å². The Morgan fingerprint density at radius 3 is 2.67 bits per heavy atom. The lowest BCUT2D eigenvalue weighted by Gasteiger charge is -2.30. The van der Waals surface area contributed by atoms with E-state index in [4.69, 9.17) is 0 Å². The van der Waals surface area contributed by atoms with Crippen LogP contribution in [-0.4, -0.2) is 17.7 Å². The number of carbonyl (C=O) groups excluding carboxylic acids is 2. The van der Waals surface area contributed by atoms with E-state index >= 15 is 0 Å². The minimum Gasteiger partial charge on any atom is -0.301 e. The molecule has 1 unspecified atom stereocenters. The van der Waals surface area contributed by atoms with Crippen LogP contribution in [0.25, 0.3) is 10.8 Å². The summed E-state index contributed by atoms with van der Waals surface area (Å²) in [4.78, 5) is 26.1. The van der Waals surface area contributed by atoms with Crippen molar-refractivity contribution in [2.75, 3.05) is 4.90 Å². The summed E-state index contributed by atoms with van der Waals surface area (Å²) in [5.74, 6) is 0.153. The molecule has 88 valence electrons. The van der Waals surface area contributed by atoms with E-state index in [1.807, 2.05) is 36.4 Å². The SMILES string of the molecule is O=C1c2cccc3cccc(c23)N2C(=O)CCC12. The van der Waals surface area contributed by atoms with Gasteiger partial charge in [-0.2, -0.15) is 0 Å². The van der Waals surface area contributed by atoms with Crippen molar-refractivity contribution in [2.24, 2.45) is 0 Å². The van der Waals surface area contributed by atoms with Crippen molar-refractivity contribution in [1.82, 2.24) is 0 Å². The van der Waals surface area contributed by atoms with Gasteiger partial charge < -0.3 is 4.90 Å². The normalized spacial score (nSPS) is 21.6. The molecule has 0 radical (unpaired) electrons. The lowest BCUT2D eigenvalue weighted by atomic mass is 9.91. The number of nitrogens with zero attached hydrogens (tertiary/aromatic N) is 1. The molecule has 18 heavy (non-hydrogen) atoms. The van der Waals surface area contributed by atoms with Gasteiger partial charge in [0.1, 0.15) is 6.04 Å². The molecule has 2 aliphatic rings. The zero-order valence-corrected chi connectivity index (χ0v) is 9.72. The van der Waals surface area contributed by atoms with Gasteiger partial charge >= 0.3 is 0 Å². The Kier molecular flexibility index (Phi) is 1.74. The van der Waals surface area contributed by atoms with Crippen molar-refractivity contribution >= 4 is 28.2 Å². The lowest BCUT2D eigenvalue weighted by molar-refractivity contribution is -0.117. The number of anilines is 1. The number of Topliss-reactive ketones (excluding diaryl/α,β-unsaturated/α-hetero) is 1. The Balaban J connectivity index is 2.15. The Labute approximate surface area is 104 Å². The summed E-state index contributed by atoms with van der Waals surface area (Å²) >= 11 is 0. The minimum atomic E-state index is -0.280. The molecule has 0 saturated carbocycles. The highest BCUT2D eigenvalue weighted by Crippen LogP contribution is 2.40. The van der Waals surface area contributed by atoms with Crippen LogP contribution in [-0.2, 0) is 4.79 Å². The van der Waals surface area contributed by atoms with Crippen LogP contribution < -0.4 is 4.90 Å². The predicted octanol–water partition coefficient (Wildman–Crippen LogP) is 2.53. The highest BCUT2D eigenvalue weighted by atomic mass is 16.2. The maximum Gasteiger partial charge on any atom is 0.227 e. The average Bonchev–Trinajstić information content (AvgIpc) is 2.78. The second-order valence-electron chi connectivity index (χ2n) is 4.86. The molecular formula is C15H11NO2. The molecule has 0 bridgehead atoms. The van der Waals surface area contributed by atoms with Crippen molar-refractivity contribution in [2.45, 2.75) is 18.9 Å². The first-order valence-electron chi connectivity index (χ1n) is 6.15. The fourth-order valence-corrected chi connectivity index (χ4v) is 3.14. The van der Waals surface area contributed by atoms with Crippen molar-refractivity contribution in [3.05, 3.63) is 42.0 Å². The first-order valence-corrected chi connectivity index (χ1v) is 6.15. The monoisotopic (exact) mass is 237 g/mol. The molecule has 3 heteroatoms. The minimum absolute atomic E-state index is 0.0651. The smallest absolute Gasteiger partial charge is 0.227 e. The summed E-state index contributed by atoms with van der Waals surface area (Å²) in [6, 6.07) is 11.3. The molecule has 2 aliphatic heterocycles. The first-order chi connectivity index (χ1) is 8.77. The van der Waals surface area contributed by atoms with Gasteiger partial charge in [0.25, 0.3) is 0 Å². The Hall–Kier alpha value is -2.16. The third kappa shape index (κ3) is 1.04. The highest BCUT2D eigenvalue weighted by molar-refractivity contribution is 6.23. The summed E-state index contributed by atoms with van der Waals surface area (Å²) < 4.78 is 0. The van der Waals surface area contributed by atoms with Crippen molar-refractivity contribution in [1.29, 1.82) is 0 Å². The molecule has 2 heterocycles. The Morgan fingerprint density at radius 1 is 1.06 bits per heavy atom. The zero-order chi connectivity index (χ0) is 12.3. The molecular weight excluding hydrogens is 226 g/mol. The van der Waals surface area contributed by atoms with Crippen LogP contribution in [0.2, 0.25) is 0 Å². The van der Waals surface area contributed by atoms with Crippen LogP contribution in [0, 0.1) is 0 Å². The largest absolute Gasteiger partial charge is 0.301 e. The number of fused-ring (bicyclic) bond motifs is 2. The van der Waals surface area contributed by atoms with E-state index in [0.29, 0.717) is 12.8 Å². The van der Waals surface area contributed by atoms with E-state index in [9.17, 15) is 9.59 Å². The van der Waals surface area contributed by atoms with Gasteiger partial charge in [-0.05, 0) is 17.9 Å². The first kappa shape index (κ1) is 9.83. The van der Waals surface area contributed by atoms with E-state index in [2.05, 4.69) is 0 Å². The molecule has 0 aliphatic carbocycles. The summed E-state index contributed by atoms with van der Waals surface area (Å²) in [5.41, 5.74) is 1.66. The second kappa shape index (κ2) is 3.19.